The topological polar surface area (TPSA) is 59.6 Å². The lowest BCUT2D eigenvalue weighted by Crippen LogP contribution is -2.47. The summed E-state index contributed by atoms with van der Waals surface area (Å²) in [4.78, 5) is 10.7. The quantitative estimate of drug-likeness (QED) is 0.437. The van der Waals surface area contributed by atoms with Crippen LogP contribution in [0.25, 0.3) is 0 Å². The van der Waals surface area contributed by atoms with Gasteiger partial charge in [0.05, 0.1) is 18.8 Å². The van der Waals surface area contributed by atoms with E-state index in [0.29, 0.717) is 24.9 Å². The van der Waals surface area contributed by atoms with E-state index in [0.717, 1.165) is 12.8 Å². The Hall–Kier alpha value is -1.14. The van der Waals surface area contributed by atoms with Gasteiger partial charge >= 0.3 is 5.97 Å². The molecule has 18 heavy (non-hydrogen) atoms. The molecule has 0 spiro atoms. The molecule has 1 heterocycles. The van der Waals surface area contributed by atoms with Crippen molar-refractivity contribution in [2.75, 3.05) is 19.8 Å². The maximum absolute atomic E-state index is 10.7. The van der Waals surface area contributed by atoms with E-state index >= 15 is 0 Å². The van der Waals surface area contributed by atoms with E-state index < -0.39 is 0 Å². The van der Waals surface area contributed by atoms with E-state index in [2.05, 4.69) is 17.2 Å². The van der Waals surface area contributed by atoms with E-state index in [1.54, 1.807) is 6.08 Å². The molecule has 0 aromatic carbocycles. The molecule has 102 valence electrons. The Morgan fingerprint density at radius 1 is 1.61 bits per heavy atom. The number of rotatable bonds is 5. The summed E-state index contributed by atoms with van der Waals surface area (Å²) in [5, 5.41) is 6.80. The Balaban J connectivity index is 2.16. The number of hydrogen-bond acceptors (Lipinski definition) is 4. The van der Waals surface area contributed by atoms with Crippen molar-refractivity contribution in [3.8, 4) is 0 Å². The third-order valence-corrected chi connectivity index (χ3v) is 2.85. The van der Waals surface area contributed by atoms with Crippen LogP contribution in [0.2, 0.25) is 0 Å². The highest BCUT2D eigenvalue weighted by molar-refractivity contribution is 7.80. The third kappa shape index (κ3) is 5.97. The van der Waals surface area contributed by atoms with Gasteiger partial charge in [0.2, 0.25) is 0 Å². The van der Waals surface area contributed by atoms with Gasteiger partial charge in [0.1, 0.15) is 6.61 Å². The van der Waals surface area contributed by atoms with Crippen LogP contribution in [-0.4, -0.2) is 43.0 Å². The summed E-state index contributed by atoms with van der Waals surface area (Å²) < 4.78 is 10.5. The summed E-state index contributed by atoms with van der Waals surface area (Å²) in [6.45, 7) is 6.56. The second-order valence-electron chi connectivity index (χ2n) is 4.18. The average Bonchev–Trinajstić information content (AvgIpc) is 2.35. The van der Waals surface area contributed by atoms with Gasteiger partial charge in [-0.2, -0.15) is 0 Å². The zero-order chi connectivity index (χ0) is 13.4. The number of esters is 1. The third-order valence-electron chi connectivity index (χ3n) is 2.58. The highest BCUT2D eigenvalue weighted by Gasteiger charge is 2.22. The van der Waals surface area contributed by atoms with Crippen molar-refractivity contribution in [1.82, 2.24) is 10.6 Å². The predicted molar refractivity (Wildman–Crippen MR) is 73.3 cm³/mol. The van der Waals surface area contributed by atoms with Crippen LogP contribution in [0.1, 0.15) is 19.8 Å². The van der Waals surface area contributed by atoms with Crippen LogP contribution in [0, 0.1) is 0 Å². The fraction of sp³-hybridized carbons (Fsp3) is 0.667. The first-order valence-corrected chi connectivity index (χ1v) is 6.43. The summed E-state index contributed by atoms with van der Waals surface area (Å²) in [7, 11) is 0. The molecule has 1 saturated heterocycles. The molecule has 1 aliphatic heterocycles. The molecule has 1 rings (SSSR count). The van der Waals surface area contributed by atoms with Crippen LogP contribution in [0.15, 0.2) is 12.7 Å². The minimum atomic E-state index is -0.270. The number of hydrogen-bond donors (Lipinski definition) is 2. The maximum Gasteiger partial charge on any atom is 0.302 e. The molecule has 0 saturated carbocycles. The van der Waals surface area contributed by atoms with Crippen molar-refractivity contribution >= 4 is 23.3 Å². The van der Waals surface area contributed by atoms with Gasteiger partial charge in [-0.3, -0.25) is 4.79 Å². The van der Waals surface area contributed by atoms with E-state index in [9.17, 15) is 4.79 Å². The lowest BCUT2D eigenvalue weighted by Gasteiger charge is -2.29. The van der Waals surface area contributed by atoms with Gasteiger partial charge in [0, 0.05) is 13.5 Å². The molecule has 2 unspecified atom stereocenters. The molecule has 0 radical (unpaired) electrons. The molecule has 5 nitrogen and oxygen atoms in total. The number of carbonyl (C=O) groups is 1. The van der Waals surface area contributed by atoms with Gasteiger partial charge in [-0.25, -0.2) is 0 Å². The molecule has 0 aliphatic carbocycles. The van der Waals surface area contributed by atoms with Crippen LogP contribution < -0.4 is 10.6 Å². The van der Waals surface area contributed by atoms with E-state index in [1.807, 2.05) is 0 Å². The van der Waals surface area contributed by atoms with Crippen molar-refractivity contribution in [2.24, 2.45) is 0 Å². The van der Waals surface area contributed by atoms with Crippen molar-refractivity contribution in [1.29, 1.82) is 0 Å². The minimum absolute atomic E-state index is 0.00153. The van der Waals surface area contributed by atoms with Crippen LogP contribution >= 0.6 is 12.2 Å². The van der Waals surface area contributed by atoms with Crippen LogP contribution in [-0.2, 0) is 14.3 Å². The lowest BCUT2D eigenvalue weighted by molar-refractivity contribution is -0.146. The Labute approximate surface area is 113 Å². The molecule has 0 bridgehead atoms. The van der Waals surface area contributed by atoms with Gasteiger partial charge in [-0.15, -0.1) is 6.58 Å². The summed E-state index contributed by atoms with van der Waals surface area (Å²) in [5.74, 6) is -0.270. The first-order valence-electron chi connectivity index (χ1n) is 6.02. The molecular weight excluding hydrogens is 252 g/mol. The Morgan fingerprint density at radius 2 is 2.39 bits per heavy atom. The van der Waals surface area contributed by atoms with E-state index in [4.69, 9.17) is 21.7 Å². The number of nitrogens with one attached hydrogen (secondary N) is 2. The van der Waals surface area contributed by atoms with E-state index in [1.165, 1.54) is 6.92 Å². The molecule has 1 fully saturated rings. The van der Waals surface area contributed by atoms with Crippen LogP contribution in [0.3, 0.4) is 0 Å². The smallest absolute Gasteiger partial charge is 0.302 e. The summed E-state index contributed by atoms with van der Waals surface area (Å²) in [5.41, 5.74) is 0. The van der Waals surface area contributed by atoms with Crippen molar-refractivity contribution in [3.63, 3.8) is 0 Å². The minimum Gasteiger partial charge on any atom is -0.463 e. The molecule has 1 aliphatic rings. The Kier molecular flexibility index (Phi) is 6.67. The molecule has 6 heteroatoms. The molecule has 0 aromatic heterocycles. The zero-order valence-corrected chi connectivity index (χ0v) is 11.4. The number of carbonyl (C=O) groups excluding carboxylic acids is 1. The first-order chi connectivity index (χ1) is 8.61. The molecule has 2 N–H and O–H groups in total. The van der Waals surface area contributed by atoms with Crippen molar-refractivity contribution < 1.29 is 14.3 Å². The number of thiocarbonyl (C=S) groups is 1. The predicted octanol–water partition coefficient (Wildman–Crippen LogP) is 0.747. The summed E-state index contributed by atoms with van der Waals surface area (Å²) >= 11 is 5.12. The largest absolute Gasteiger partial charge is 0.463 e. The van der Waals surface area contributed by atoms with Gasteiger partial charge in [0.15, 0.2) is 5.11 Å². The van der Waals surface area contributed by atoms with Gasteiger partial charge in [0.25, 0.3) is 0 Å². The van der Waals surface area contributed by atoms with Gasteiger partial charge in [-0.1, -0.05) is 6.08 Å². The van der Waals surface area contributed by atoms with E-state index in [-0.39, 0.29) is 18.1 Å². The van der Waals surface area contributed by atoms with Crippen molar-refractivity contribution in [2.45, 2.75) is 31.9 Å². The average molecular weight is 272 g/mol. The SMILES string of the molecule is C=CCNC(=S)NC1CCC(COC(C)=O)OC1. The lowest BCUT2D eigenvalue weighted by atomic mass is 10.1. The first kappa shape index (κ1) is 14.9. The van der Waals surface area contributed by atoms with Crippen LogP contribution in [0.5, 0.6) is 0 Å². The molecule has 2 atom stereocenters. The fourth-order valence-corrected chi connectivity index (χ4v) is 1.91. The normalized spacial score (nSPS) is 22.9. The maximum atomic E-state index is 10.7. The van der Waals surface area contributed by atoms with Gasteiger partial charge in [-0.05, 0) is 25.1 Å². The molecule has 0 amide bonds. The second kappa shape index (κ2) is 8.05. The summed E-state index contributed by atoms with van der Waals surface area (Å²) in [6.07, 6.45) is 3.55. The Morgan fingerprint density at radius 3 is 2.94 bits per heavy atom. The van der Waals surface area contributed by atoms with Crippen LogP contribution in [0.4, 0.5) is 0 Å². The highest BCUT2D eigenvalue weighted by atomic mass is 32.1. The Bertz CT molecular complexity index is 302. The van der Waals surface area contributed by atoms with Gasteiger partial charge < -0.3 is 20.1 Å². The fourth-order valence-electron chi connectivity index (χ4n) is 1.66. The summed E-state index contributed by atoms with van der Waals surface area (Å²) in [6, 6.07) is 0.211. The molecule has 0 aromatic rings. The monoisotopic (exact) mass is 272 g/mol. The number of ether oxygens (including phenoxy) is 2. The highest BCUT2D eigenvalue weighted by Crippen LogP contribution is 2.14. The second-order valence-corrected chi connectivity index (χ2v) is 4.58. The van der Waals surface area contributed by atoms with Crippen molar-refractivity contribution in [3.05, 3.63) is 12.7 Å². The zero-order valence-electron chi connectivity index (χ0n) is 10.6. The molecular formula is C12H20N2O3S. The standard InChI is InChI=1S/C12H20N2O3S/c1-3-6-13-12(18)14-10-4-5-11(17-7-10)8-16-9(2)15/h3,10-11H,1,4-8H2,2H3,(H2,13,14,18).